The number of unbranched alkanes of at least 4 members (excludes halogenated alkanes) is 9. The van der Waals surface area contributed by atoms with Crippen molar-refractivity contribution in [2.75, 3.05) is 26.4 Å². The minimum absolute atomic E-state index is 0.0641. The third kappa shape index (κ3) is 43.2. The summed E-state index contributed by atoms with van der Waals surface area (Å²) in [6, 6.07) is 0. The number of carbonyl (C=O) groups excluding carboxylic acids is 2. The van der Waals surface area contributed by atoms with Gasteiger partial charge in [-0.05, 0) is 77.0 Å². The van der Waals surface area contributed by atoms with E-state index in [2.05, 4.69) is 89.7 Å². The Kier molecular flexibility index (Phi) is 37.6. The molecule has 0 aliphatic rings. The molecule has 13 nitrogen and oxygen atoms in total. The van der Waals surface area contributed by atoms with Gasteiger partial charge < -0.3 is 29.3 Å². The van der Waals surface area contributed by atoms with Gasteiger partial charge in [0.2, 0.25) is 0 Å². The van der Waals surface area contributed by atoms with Crippen molar-refractivity contribution < 1.29 is 61.6 Å². The number of aliphatic hydroxyl groups is 1. The molecule has 0 radical (unpaired) electrons. The highest BCUT2D eigenvalue weighted by Gasteiger charge is 2.28. The fourth-order valence-corrected chi connectivity index (χ4v) is 6.23. The lowest BCUT2D eigenvalue weighted by Crippen LogP contribution is -2.29. The summed E-state index contributed by atoms with van der Waals surface area (Å²) in [4.78, 5) is 52.6. The first-order chi connectivity index (χ1) is 28.4. The molecule has 59 heavy (non-hydrogen) atoms. The molecule has 0 aromatic rings. The van der Waals surface area contributed by atoms with E-state index in [0.717, 1.165) is 70.6 Å². The Balaban J connectivity index is 4.66. The van der Waals surface area contributed by atoms with Crippen LogP contribution in [0.2, 0.25) is 0 Å². The molecule has 0 saturated carbocycles. The van der Waals surface area contributed by atoms with Crippen molar-refractivity contribution in [1.82, 2.24) is 0 Å². The van der Waals surface area contributed by atoms with Gasteiger partial charge in [-0.3, -0.25) is 23.2 Å². The Labute approximate surface area is 354 Å². The summed E-state index contributed by atoms with van der Waals surface area (Å²) in [6.45, 7) is 1.52. The molecule has 338 valence electrons. The van der Waals surface area contributed by atoms with Crippen molar-refractivity contribution in [1.29, 1.82) is 0 Å². The molecule has 0 amide bonds. The van der Waals surface area contributed by atoms with Gasteiger partial charge in [-0.1, -0.05) is 137 Å². The fourth-order valence-electron chi connectivity index (χ4n) is 5.07. The van der Waals surface area contributed by atoms with Crippen molar-refractivity contribution >= 4 is 27.6 Å². The highest BCUT2D eigenvalue weighted by atomic mass is 31.2. The zero-order chi connectivity index (χ0) is 43.7. The molecule has 0 bridgehead atoms. The molecule has 4 N–H and O–H groups in total. The second-order valence-corrected chi connectivity index (χ2v) is 16.6. The maximum absolute atomic E-state index is 12.6. The third-order valence-corrected chi connectivity index (χ3v) is 9.71. The molecule has 0 spiro atoms. The van der Waals surface area contributed by atoms with Gasteiger partial charge in [0.15, 0.2) is 6.10 Å². The Morgan fingerprint density at radius 2 is 0.966 bits per heavy atom. The molecule has 0 rings (SSSR count). The van der Waals surface area contributed by atoms with Crippen LogP contribution in [-0.4, -0.2) is 70.4 Å². The Hall–Kier alpha value is -2.70. The monoisotopic (exact) mass is 872 g/mol. The quantitative estimate of drug-likeness (QED) is 0.0197. The van der Waals surface area contributed by atoms with Gasteiger partial charge in [0.05, 0.1) is 19.8 Å². The lowest BCUT2D eigenvalue weighted by molar-refractivity contribution is -0.161. The first-order valence-corrected chi connectivity index (χ1v) is 24.3. The summed E-state index contributed by atoms with van der Waals surface area (Å²) < 4.78 is 47.6. The molecule has 0 saturated heterocycles. The van der Waals surface area contributed by atoms with Crippen LogP contribution in [-0.2, 0) is 41.8 Å². The molecule has 0 fully saturated rings. The van der Waals surface area contributed by atoms with E-state index in [0.29, 0.717) is 19.3 Å². The van der Waals surface area contributed by atoms with Gasteiger partial charge in [0.1, 0.15) is 12.7 Å². The van der Waals surface area contributed by atoms with Gasteiger partial charge in [-0.2, -0.15) is 0 Å². The predicted octanol–water partition coefficient (Wildman–Crippen LogP) is 10.8. The number of ether oxygens (including phenoxy) is 2. The van der Waals surface area contributed by atoms with Crippen molar-refractivity contribution in [2.45, 2.75) is 154 Å². The van der Waals surface area contributed by atoms with Crippen LogP contribution in [0.5, 0.6) is 0 Å². The number of aliphatic hydroxyl groups excluding tert-OH is 1. The number of phosphoric ester groups is 2. The maximum Gasteiger partial charge on any atom is 0.472 e. The van der Waals surface area contributed by atoms with E-state index in [4.69, 9.17) is 23.8 Å². The minimum Gasteiger partial charge on any atom is -0.462 e. The van der Waals surface area contributed by atoms with Crippen LogP contribution in [0.25, 0.3) is 0 Å². The molecule has 0 aliphatic carbocycles. The Morgan fingerprint density at radius 3 is 1.51 bits per heavy atom. The molecule has 0 aromatic heterocycles. The van der Waals surface area contributed by atoms with Gasteiger partial charge in [0.25, 0.3) is 0 Å². The number of phosphoric acid groups is 2. The van der Waals surface area contributed by atoms with Gasteiger partial charge in [-0.25, -0.2) is 9.13 Å². The molecule has 0 heterocycles. The van der Waals surface area contributed by atoms with Crippen LogP contribution in [0.15, 0.2) is 85.1 Å². The van der Waals surface area contributed by atoms with Crippen LogP contribution in [0.1, 0.15) is 142 Å². The molecule has 0 aromatic carbocycles. The van der Waals surface area contributed by atoms with Crippen LogP contribution in [0.4, 0.5) is 0 Å². The third-order valence-electron chi connectivity index (χ3n) is 8.27. The molecule has 15 heteroatoms. The minimum atomic E-state index is -4.87. The van der Waals surface area contributed by atoms with Crippen molar-refractivity contribution in [3.63, 3.8) is 0 Å². The second-order valence-electron chi connectivity index (χ2n) is 13.9. The summed E-state index contributed by atoms with van der Waals surface area (Å²) >= 11 is 0. The zero-order valence-electron chi connectivity index (χ0n) is 35.6. The Bertz CT molecular complexity index is 1360. The average molecular weight is 873 g/mol. The first kappa shape index (κ1) is 56.3. The number of rotatable bonds is 39. The van der Waals surface area contributed by atoms with E-state index in [9.17, 15) is 28.7 Å². The normalized spacial score (nSPS) is 14.9. The van der Waals surface area contributed by atoms with Gasteiger partial charge >= 0.3 is 27.6 Å². The lowest BCUT2D eigenvalue weighted by atomic mass is 10.1. The van der Waals surface area contributed by atoms with Crippen molar-refractivity contribution in [2.24, 2.45) is 0 Å². The average Bonchev–Trinajstić information content (AvgIpc) is 3.19. The summed E-state index contributed by atoms with van der Waals surface area (Å²) in [5.41, 5.74) is 0. The first-order valence-electron chi connectivity index (χ1n) is 21.3. The topological polar surface area (TPSA) is 195 Å². The van der Waals surface area contributed by atoms with Crippen molar-refractivity contribution in [3.05, 3.63) is 85.1 Å². The SMILES string of the molecule is CC/C=C\C/C=C\C/C=C\C/C=C\C/C=C\C/C=C\CCC(=O)OC[C@H](COP(=O)(O)OC[C@@H](O)COP(=O)(O)O)OC(=O)CCCCCCC/C=C\CCCCCC. The van der Waals surface area contributed by atoms with Crippen LogP contribution < -0.4 is 0 Å². The predicted molar refractivity (Wildman–Crippen MR) is 234 cm³/mol. The standard InChI is InChI=1S/C44H74O13P2/c1-3-5-7-9-11-13-15-17-18-19-20-21-22-24-25-27-29-31-33-35-43(46)53-39-42(40-56-59(51,52)55-38-41(45)37-54-58(48,49)50)57-44(47)36-34-32-30-28-26-23-16-14-12-10-8-6-4-2/h5,7,11,13-14,16-18,20-21,24-25,29,31,41-42,45H,3-4,6,8-10,12,15,19,22-23,26-28,30,32-40H2,1-2H3,(H,51,52)(H2,48,49,50)/b7-5-,13-11-,16-14-,18-17-,21-20-,25-24-,31-29-/t41-,42+/m0/s1. The summed E-state index contributed by atoms with van der Waals surface area (Å²) in [7, 11) is -9.70. The van der Waals surface area contributed by atoms with E-state index >= 15 is 0 Å². The number of hydrogen-bond donors (Lipinski definition) is 4. The zero-order valence-corrected chi connectivity index (χ0v) is 37.4. The van der Waals surface area contributed by atoms with E-state index in [1.54, 1.807) is 0 Å². The Morgan fingerprint density at radius 1 is 0.508 bits per heavy atom. The summed E-state index contributed by atoms with van der Waals surface area (Å²) in [5.74, 6) is -1.15. The van der Waals surface area contributed by atoms with E-state index in [-0.39, 0.29) is 12.8 Å². The number of carbonyl (C=O) groups is 2. The van der Waals surface area contributed by atoms with Gasteiger partial charge in [-0.15, -0.1) is 0 Å². The number of allylic oxidation sites excluding steroid dienone is 14. The molecule has 1 unspecified atom stereocenters. The number of hydrogen-bond acceptors (Lipinski definition) is 10. The molecule has 3 atom stereocenters. The second kappa shape index (κ2) is 39.4. The van der Waals surface area contributed by atoms with E-state index in [1.165, 1.54) is 25.7 Å². The molecular formula is C44H74O13P2. The highest BCUT2D eigenvalue weighted by molar-refractivity contribution is 7.47. The van der Waals surface area contributed by atoms with Crippen LogP contribution >= 0.6 is 15.6 Å². The maximum atomic E-state index is 12.6. The fraction of sp³-hybridized carbons (Fsp3) is 0.636. The largest absolute Gasteiger partial charge is 0.472 e. The molecular weight excluding hydrogens is 798 g/mol. The van der Waals surface area contributed by atoms with E-state index in [1.807, 2.05) is 18.2 Å². The van der Waals surface area contributed by atoms with E-state index < -0.39 is 66.2 Å². The lowest BCUT2D eigenvalue weighted by Gasteiger charge is -2.20. The van der Waals surface area contributed by atoms with Crippen molar-refractivity contribution in [3.8, 4) is 0 Å². The van der Waals surface area contributed by atoms with Crippen LogP contribution in [0, 0.1) is 0 Å². The van der Waals surface area contributed by atoms with Gasteiger partial charge in [0, 0.05) is 12.8 Å². The number of esters is 2. The summed E-state index contributed by atoms with van der Waals surface area (Å²) in [5, 5.41) is 9.73. The summed E-state index contributed by atoms with van der Waals surface area (Å²) in [6.07, 6.45) is 44.5. The highest BCUT2D eigenvalue weighted by Crippen LogP contribution is 2.43. The molecule has 0 aliphatic heterocycles. The van der Waals surface area contributed by atoms with Crippen LogP contribution in [0.3, 0.4) is 0 Å². The smallest absolute Gasteiger partial charge is 0.462 e.